The fourth-order valence-corrected chi connectivity index (χ4v) is 3.78. The third-order valence-corrected chi connectivity index (χ3v) is 5.31. The molecule has 1 fully saturated rings. The van der Waals surface area contributed by atoms with Crippen LogP contribution in [0.5, 0.6) is 11.5 Å². The van der Waals surface area contributed by atoms with E-state index in [-0.39, 0.29) is 18.8 Å². The Morgan fingerprint density at radius 1 is 1.23 bits per heavy atom. The number of nitrogens with zero attached hydrogens (tertiary/aromatic N) is 1. The van der Waals surface area contributed by atoms with Crippen LogP contribution in [0.2, 0.25) is 0 Å². The molecule has 3 heterocycles. The van der Waals surface area contributed by atoms with Crippen molar-refractivity contribution in [3.8, 4) is 11.5 Å². The molecule has 1 aromatic carbocycles. The van der Waals surface area contributed by atoms with Crippen molar-refractivity contribution >= 4 is 12.0 Å². The lowest BCUT2D eigenvalue weighted by atomic mass is 9.89. The molecule has 3 N–H and O–H groups in total. The average molecular weight is 412 g/mol. The molecule has 0 spiro atoms. The molecule has 0 aliphatic carbocycles. The zero-order valence-corrected chi connectivity index (χ0v) is 16.5. The average Bonchev–Trinajstić information content (AvgIpc) is 2.75. The Balaban J connectivity index is 1.71. The molecule has 0 radical (unpaired) electrons. The molecule has 4 rings (SSSR count). The van der Waals surface area contributed by atoms with Crippen molar-refractivity contribution in [2.75, 3.05) is 32.9 Å². The maximum absolute atomic E-state index is 12.5. The van der Waals surface area contributed by atoms with Crippen LogP contribution in [0, 0.1) is 0 Å². The van der Waals surface area contributed by atoms with Crippen LogP contribution >= 0.6 is 0 Å². The smallest absolute Gasteiger partial charge is 0.227 e. The van der Waals surface area contributed by atoms with Crippen LogP contribution in [-0.4, -0.2) is 48.8 Å². The summed E-state index contributed by atoms with van der Waals surface area (Å²) < 4.78 is 17.1. The van der Waals surface area contributed by atoms with Crippen LogP contribution in [0.25, 0.3) is 6.08 Å². The molecule has 158 valence electrons. The molecule has 1 amide bonds. The van der Waals surface area contributed by atoms with E-state index in [4.69, 9.17) is 19.6 Å². The normalized spacial score (nSPS) is 17.5. The minimum Gasteiger partial charge on any atom is -0.502 e. The highest BCUT2D eigenvalue weighted by Gasteiger charge is 2.29. The predicted octanol–water partition coefficient (Wildman–Crippen LogP) is 1.61. The number of carbonyl (C=O) groups is 1. The molecule has 1 atom stereocenters. The van der Waals surface area contributed by atoms with E-state index in [1.807, 2.05) is 30.3 Å². The van der Waals surface area contributed by atoms with Gasteiger partial charge in [-0.1, -0.05) is 18.2 Å². The number of para-hydroxylation sites is 1. The third kappa shape index (κ3) is 4.39. The van der Waals surface area contributed by atoms with Gasteiger partial charge in [0.2, 0.25) is 17.1 Å². The highest BCUT2D eigenvalue weighted by Crippen LogP contribution is 2.37. The number of primary amides is 1. The van der Waals surface area contributed by atoms with E-state index in [2.05, 4.69) is 4.90 Å². The van der Waals surface area contributed by atoms with Crippen LogP contribution in [0.3, 0.4) is 0 Å². The molecule has 0 bridgehead atoms. The third-order valence-electron chi connectivity index (χ3n) is 5.31. The van der Waals surface area contributed by atoms with Crippen LogP contribution < -0.4 is 15.9 Å². The van der Waals surface area contributed by atoms with Crippen molar-refractivity contribution in [3.63, 3.8) is 0 Å². The van der Waals surface area contributed by atoms with Crippen molar-refractivity contribution < 1.29 is 23.8 Å². The second kappa shape index (κ2) is 8.73. The molecule has 1 unspecified atom stereocenters. The van der Waals surface area contributed by atoms with Crippen molar-refractivity contribution in [2.45, 2.75) is 18.9 Å². The number of morpholine rings is 1. The fraction of sp³-hybridized carbons (Fsp3) is 0.364. The van der Waals surface area contributed by atoms with Crippen molar-refractivity contribution in [1.29, 1.82) is 0 Å². The van der Waals surface area contributed by atoms with Gasteiger partial charge in [-0.25, -0.2) is 0 Å². The van der Waals surface area contributed by atoms with Gasteiger partial charge in [-0.05, 0) is 17.7 Å². The highest BCUT2D eigenvalue weighted by molar-refractivity contribution is 5.76. The molecule has 8 nitrogen and oxygen atoms in total. The SMILES string of the molecule is NC(=O)CC(C1=Cc2ccccc2OC1)c1oc(CN2CCOCC2)cc(=O)c1O. The minimum atomic E-state index is -0.701. The first kappa shape index (κ1) is 20.2. The summed E-state index contributed by atoms with van der Waals surface area (Å²) in [6.45, 7) is 3.28. The number of nitrogens with two attached hydrogens (primary N) is 1. The Hall–Kier alpha value is -3.10. The number of aromatic hydroxyl groups is 1. The van der Waals surface area contributed by atoms with E-state index in [1.54, 1.807) is 0 Å². The summed E-state index contributed by atoms with van der Waals surface area (Å²) >= 11 is 0. The summed E-state index contributed by atoms with van der Waals surface area (Å²) in [7, 11) is 0. The minimum absolute atomic E-state index is 0.0405. The van der Waals surface area contributed by atoms with Gasteiger partial charge in [-0.2, -0.15) is 0 Å². The standard InChI is InChI=1S/C22H24N2O6/c23-20(26)11-17(15-9-14-3-1-2-4-19(14)29-13-15)22-21(27)18(25)10-16(30-22)12-24-5-7-28-8-6-24/h1-4,9-10,17,27H,5-8,11-13H2,(H2,23,26). The van der Waals surface area contributed by atoms with E-state index in [0.29, 0.717) is 31.1 Å². The summed E-state index contributed by atoms with van der Waals surface area (Å²) in [6.07, 6.45) is 1.77. The number of rotatable bonds is 6. The van der Waals surface area contributed by atoms with Crippen molar-refractivity contribution in [1.82, 2.24) is 4.90 Å². The van der Waals surface area contributed by atoms with E-state index in [0.717, 1.165) is 24.4 Å². The van der Waals surface area contributed by atoms with Gasteiger partial charge < -0.3 is 24.7 Å². The van der Waals surface area contributed by atoms with Gasteiger partial charge in [-0.3, -0.25) is 14.5 Å². The van der Waals surface area contributed by atoms with E-state index in [9.17, 15) is 14.7 Å². The van der Waals surface area contributed by atoms with Gasteiger partial charge >= 0.3 is 0 Å². The van der Waals surface area contributed by atoms with Gasteiger partial charge in [0.15, 0.2) is 5.76 Å². The number of carbonyl (C=O) groups excluding carboxylic acids is 1. The lowest BCUT2D eigenvalue weighted by molar-refractivity contribution is -0.118. The van der Waals surface area contributed by atoms with Crippen LogP contribution in [0.4, 0.5) is 0 Å². The Labute approximate surface area is 173 Å². The first-order chi connectivity index (χ1) is 14.5. The largest absolute Gasteiger partial charge is 0.502 e. The summed E-state index contributed by atoms with van der Waals surface area (Å²) in [6, 6.07) is 8.79. The first-order valence-electron chi connectivity index (χ1n) is 9.88. The number of benzene rings is 1. The fourth-order valence-electron chi connectivity index (χ4n) is 3.78. The number of ether oxygens (including phenoxy) is 2. The summed E-state index contributed by atoms with van der Waals surface area (Å²) in [5, 5.41) is 10.5. The Kier molecular flexibility index (Phi) is 5.87. The van der Waals surface area contributed by atoms with Crippen LogP contribution in [-0.2, 0) is 16.1 Å². The van der Waals surface area contributed by atoms with E-state index in [1.165, 1.54) is 6.07 Å². The zero-order chi connectivity index (χ0) is 21.1. The maximum Gasteiger partial charge on any atom is 0.227 e. The van der Waals surface area contributed by atoms with Crippen LogP contribution in [0.15, 0.2) is 45.1 Å². The quantitative estimate of drug-likeness (QED) is 0.741. The topological polar surface area (TPSA) is 115 Å². The molecular formula is C22H24N2O6. The summed E-state index contributed by atoms with van der Waals surface area (Å²) in [4.78, 5) is 26.4. The molecule has 8 heteroatoms. The van der Waals surface area contributed by atoms with Gasteiger partial charge in [-0.15, -0.1) is 0 Å². The Morgan fingerprint density at radius 3 is 2.77 bits per heavy atom. The second-order valence-electron chi connectivity index (χ2n) is 7.45. The van der Waals surface area contributed by atoms with Gasteiger partial charge in [0.05, 0.1) is 25.7 Å². The predicted molar refractivity (Wildman–Crippen MR) is 109 cm³/mol. The maximum atomic E-state index is 12.5. The van der Waals surface area contributed by atoms with Crippen LogP contribution in [0.1, 0.15) is 29.4 Å². The highest BCUT2D eigenvalue weighted by atomic mass is 16.5. The molecule has 30 heavy (non-hydrogen) atoms. The number of fused-ring (bicyclic) bond motifs is 1. The molecule has 2 aliphatic rings. The Bertz CT molecular complexity index is 1020. The van der Waals surface area contributed by atoms with Crippen molar-refractivity contribution in [3.05, 3.63) is 63.2 Å². The lowest BCUT2D eigenvalue weighted by Gasteiger charge is -2.27. The van der Waals surface area contributed by atoms with E-state index < -0.39 is 23.0 Å². The van der Waals surface area contributed by atoms with Gasteiger partial charge in [0, 0.05) is 31.1 Å². The van der Waals surface area contributed by atoms with Gasteiger partial charge in [0.1, 0.15) is 18.1 Å². The number of amides is 1. The molecular weight excluding hydrogens is 388 g/mol. The summed E-state index contributed by atoms with van der Waals surface area (Å²) in [5.41, 5.74) is 6.48. The first-order valence-corrected chi connectivity index (χ1v) is 9.88. The molecule has 2 aromatic rings. The van der Waals surface area contributed by atoms with Gasteiger partial charge in [0.25, 0.3) is 0 Å². The molecule has 1 aromatic heterocycles. The summed E-state index contributed by atoms with van der Waals surface area (Å²) in [5.74, 6) is -0.591. The van der Waals surface area contributed by atoms with E-state index >= 15 is 0 Å². The number of hydrogen-bond donors (Lipinski definition) is 2. The monoisotopic (exact) mass is 412 g/mol. The number of hydrogen-bond acceptors (Lipinski definition) is 7. The molecule has 2 aliphatic heterocycles. The Morgan fingerprint density at radius 2 is 2.00 bits per heavy atom. The molecule has 1 saturated heterocycles. The lowest BCUT2D eigenvalue weighted by Crippen LogP contribution is -2.35. The van der Waals surface area contributed by atoms with Crippen molar-refractivity contribution in [2.24, 2.45) is 5.73 Å². The zero-order valence-electron chi connectivity index (χ0n) is 16.5. The second-order valence-corrected chi connectivity index (χ2v) is 7.45. The molecule has 0 saturated carbocycles.